The van der Waals surface area contributed by atoms with Crippen molar-refractivity contribution in [2.45, 2.75) is 39.2 Å². The molecule has 0 aliphatic heterocycles. The van der Waals surface area contributed by atoms with E-state index in [9.17, 15) is 0 Å². The van der Waals surface area contributed by atoms with Crippen molar-refractivity contribution in [1.82, 2.24) is 0 Å². The van der Waals surface area contributed by atoms with Crippen LogP contribution < -0.4 is 5.32 Å². The standard InChI is InChI=1S/C15H17N3/c1-15(2)7-3-4-14(15)18-13-6-5-11(9-16)12(8-13)10-17/h5-6,8,14,18H,3-4,7H2,1-2H3. The summed E-state index contributed by atoms with van der Waals surface area (Å²) in [5, 5.41) is 21.4. The average molecular weight is 239 g/mol. The van der Waals surface area contributed by atoms with E-state index in [0.29, 0.717) is 22.6 Å². The number of nitrogens with one attached hydrogen (secondary N) is 1. The summed E-state index contributed by atoms with van der Waals surface area (Å²) in [6, 6.07) is 9.91. The Morgan fingerprint density at radius 1 is 1.22 bits per heavy atom. The maximum Gasteiger partial charge on any atom is 0.101 e. The molecule has 18 heavy (non-hydrogen) atoms. The number of hydrogen-bond acceptors (Lipinski definition) is 3. The molecule has 0 saturated heterocycles. The minimum absolute atomic E-state index is 0.292. The Morgan fingerprint density at radius 2 is 1.94 bits per heavy atom. The Labute approximate surface area is 108 Å². The third kappa shape index (κ3) is 2.31. The zero-order chi connectivity index (χ0) is 13.2. The van der Waals surface area contributed by atoms with Gasteiger partial charge in [0.15, 0.2) is 0 Å². The fourth-order valence-corrected chi connectivity index (χ4v) is 2.62. The van der Waals surface area contributed by atoms with E-state index in [2.05, 4.69) is 25.2 Å². The van der Waals surface area contributed by atoms with Crippen molar-refractivity contribution in [1.29, 1.82) is 10.5 Å². The monoisotopic (exact) mass is 239 g/mol. The van der Waals surface area contributed by atoms with Gasteiger partial charge in [-0.15, -0.1) is 0 Å². The number of nitriles is 2. The fraction of sp³-hybridized carbons (Fsp3) is 0.467. The molecule has 0 bridgehead atoms. The molecule has 1 fully saturated rings. The first-order valence-corrected chi connectivity index (χ1v) is 6.27. The maximum absolute atomic E-state index is 9.01. The smallest absolute Gasteiger partial charge is 0.101 e. The first-order valence-electron chi connectivity index (χ1n) is 6.27. The molecule has 0 heterocycles. The number of hydrogen-bond donors (Lipinski definition) is 1. The van der Waals surface area contributed by atoms with Gasteiger partial charge in [0, 0.05) is 11.7 Å². The second-order valence-corrected chi connectivity index (χ2v) is 5.56. The Balaban J connectivity index is 2.21. The number of rotatable bonds is 2. The van der Waals surface area contributed by atoms with Gasteiger partial charge in [0.25, 0.3) is 0 Å². The van der Waals surface area contributed by atoms with Gasteiger partial charge in [-0.2, -0.15) is 10.5 Å². The van der Waals surface area contributed by atoms with Gasteiger partial charge >= 0.3 is 0 Å². The molecule has 1 aliphatic carbocycles. The van der Waals surface area contributed by atoms with E-state index in [0.717, 1.165) is 12.1 Å². The van der Waals surface area contributed by atoms with Gasteiger partial charge in [-0.25, -0.2) is 0 Å². The molecule has 1 atom stereocenters. The fourth-order valence-electron chi connectivity index (χ4n) is 2.62. The van der Waals surface area contributed by atoms with E-state index in [-0.39, 0.29) is 0 Å². The average Bonchev–Trinajstić information content (AvgIpc) is 2.68. The molecule has 1 unspecified atom stereocenters. The van der Waals surface area contributed by atoms with Crippen LogP contribution in [0.5, 0.6) is 0 Å². The number of anilines is 1. The Kier molecular flexibility index (Phi) is 3.26. The van der Waals surface area contributed by atoms with Crippen LogP contribution >= 0.6 is 0 Å². The second-order valence-electron chi connectivity index (χ2n) is 5.56. The molecule has 1 aliphatic rings. The number of nitrogens with zero attached hydrogens (tertiary/aromatic N) is 2. The van der Waals surface area contributed by atoms with Crippen molar-refractivity contribution in [2.75, 3.05) is 5.32 Å². The van der Waals surface area contributed by atoms with Gasteiger partial charge in [-0.3, -0.25) is 0 Å². The van der Waals surface area contributed by atoms with E-state index < -0.39 is 0 Å². The van der Waals surface area contributed by atoms with Crippen molar-refractivity contribution in [3.05, 3.63) is 29.3 Å². The third-order valence-electron chi connectivity index (χ3n) is 3.86. The van der Waals surface area contributed by atoms with E-state index >= 15 is 0 Å². The van der Waals surface area contributed by atoms with Gasteiger partial charge in [0.1, 0.15) is 12.1 Å². The quantitative estimate of drug-likeness (QED) is 0.860. The van der Waals surface area contributed by atoms with Crippen LogP contribution in [0.4, 0.5) is 5.69 Å². The third-order valence-corrected chi connectivity index (χ3v) is 3.86. The SMILES string of the molecule is CC1(C)CCCC1Nc1ccc(C#N)c(C#N)c1. The van der Waals surface area contributed by atoms with E-state index in [4.69, 9.17) is 10.5 Å². The molecule has 0 radical (unpaired) electrons. The van der Waals surface area contributed by atoms with E-state index in [1.165, 1.54) is 12.8 Å². The minimum Gasteiger partial charge on any atom is -0.382 e. The van der Waals surface area contributed by atoms with Crippen LogP contribution in [0.1, 0.15) is 44.2 Å². The summed E-state index contributed by atoms with van der Waals surface area (Å²) in [4.78, 5) is 0. The molecule has 1 aromatic rings. The molecule has 0 spiro atoms. The molecule has 2 rings (SSSR count). The molecule has 1 N–H and O–H groups in total. The van der Waals surface area contributed by atoms with Crippen LogP contribution in [-0.4, -0.2) is 6.04 Å². The number of benzene rings is 1. The van der Waals surface area contributed by atoms with Crippen LogP contribution in [0.15, 0.2) is 18.2 Å². The lowest BCUT2D eigenvalue weighted by atomic mass is 9.87. The Bertz CT molecular complexity index is 532. The summed E-state index contributed by atoms with van der Waals surface area (Å²) in [6.07, 6.45) is 3.63. The highest BCUT2D eigenvalue weighted by Gasteiger charge is 2.34. The first kappa shape index (κ1) is 12.5. The van der Waals surface area contributed by atoms with Crippen LogP contribution in [0.3, 0.4) is 0 Å². The molecule has 3 nitrogen and oxygen atoms in total. The molecular weight excluding hydrogens is 222 g/mol. The van der Waals surface area contributed by atoms with Gasteiger partial charge < -0.3 is 5.32 Å². The summed E-state index contributed by atoms with van der Waals surface area (Å²) >= 11 is 0. The lowest BCUT2D eigenvalue weighted by Crippen LogP contribution is -2.30. The van der Waals surface area contributed by atoms with Gasteiger partial charge in [-0.05, 0) is 36.5 Å². The topological polar surface area (TPSA) is 59.6 Å². The Hall–Kier alpha value is -2.00. The normalized spacial score (nSPS) is 21.0. The predicted octanol–water partition coefficient (Wildman–Crippen LogP) is 3.42. The van der Waals surface area contributed by atoms with Crippen molar-refractivity contribution >= 4 is 5.69 Å². The van der Waals surface area contributed by atoms with Crippen molar-refractivity contribution in [3.8, 4) is 12.1 Å². The summed E-state index contributed by atoms with van der Waals surface area (Å²) in [6.45, 7) is 4.54. The molecular formula is C15H17N3. The zero-order valence-electron chi connectivity index (χ0n) is 10.8. The lowest BCUT2D eigenvalue weighted by Gasteiger charge is -2.28. The first-order chi connectivity index (χ1) is 8.56. The van der Waals surface area contributed by atoms with E-state index in [1.807, 2.05) is 12.1 Å². The summed E-state index contributed by atoms with van der Waals surface area (Å²) in [5.41, 5.74) is 2.11. The molecule has 1 saturated carbocycles. The second kappa shape index (κ2) is 4.70. The van der Waals surface area contributed by atoms with Crippen LogP contribution in [0.25, 0.3) is 0 Å². The van der Waals surface area contributed by atoms with Crippen LogP contribution in [0.2, 0.25) is 0 Å². The van der Waals surface area contributed by atoms with Crippen molar-refractivity contribution in [2.24, 2.45) is 5.41 Å². The Morgan fingerprint density at radius 3 is 2.50 bits per heavy atom. The highest BCUT2D eigenvalue weighted by atomic mass is 14.9. The highest BCUT2D eigenvalue weighted by Crippen LogP contribution is 2.39. The largest absolute Gasteiger partial charge is 0.382 e. The molecule has 3 heteroatoms. The van der Waals surface area contributed by atoms with Crippen molar-refractivity contribution in [3.63, 3.8) is 0 Å². The van der Waals surface area contributed by atoms with Crippen LogP contribution in [-0.2, 0) is 0 Å². The maximum atomic E-state index is 9.01. The molecule has 0 aromatic heterocycles. The molecule has 1 aromatic carbocycles. The van der Waals surface area contributed by atoms with Gasteiger partial charge in [-0.1, -0.05) is 20.3 Å². The van der Waals surface area contributed by atoms with Crippen molar-refractivity contribution < 1.29 is 0 Å². The summed E-state index contributed by atoms with van der Waals surface area (Å²) in [5.74, 6) is 0. The highest BCUT2D eigenvalue weighted by molar-refractivity contribution is 5.56. The van der Waals surface area contributed by atoms with E-state index in [1.54, 1.807) is 12.1 Å². The summed E-state index contributed by atoms with van der Waals surface area (Å²) in [7, 11) is 0. The lowest BCUT2D eigenvalue weighted by molar-refractivity contribution is 0.350. The predicted molar refractivity (Wildman–Crippen MR) is 70.9 cm³/mol. The van der Waals surface area contributed by atoms with Gasteiger partial charge in [0.05, 0.1) is 11.1 Å². The molecule has 92 valence electrons. The summed E-state index contributed by atoms with van der Waals surface area (Å²) < 4.78 is 0. The zero-order valence-corrected chi connectivity index (χ0v) is 10.8. The van der Waals surface area contributed by atoms with Crippen LogP contribution in [0, 0.1) is 28.1 Å². The minimum atomic E-state index is 0.292. The molecule has 0 amide bonds. The van der Waals surface area contributed by atoms with Gasteiger partial charge in [0.2, 0.25) is 0 Å².